The maximum absolute atomic E-state index is 3.65. The molecule has 57 heavy (non-hydrogen) atoms. The summed E-state index contributed by atoms with van der Waals surface area (Å²) in [4.78, 5) is 0. The molecule has 11 rings (SSSR count). The van der Waals surface area contributed by atoms with Gasteiger partial charge >= 0.3 is 89.5 Å². The molecule has 0 aliphatic heterocycles. The molecule has 4 bridgehead atoms. The fourth-order valence-electron chi connectivity index (χ4n) is 12.3. The Morgan fingerprint density at radius 1 is 0.737 bits per heavy atom. The van der Waals surface area contributed by atoms with E-state index in [9.17, 15) is 0 Å². The first kappa shape index (κ1) is 44.4. The summed E-state index contributed by atoms with van der Waals surface area (Å²) in [5, 5.41) is 0. The van der Waals surface area contributed by atoms with Crippen LogP contribution in [0.2, 0.25) is 0 Å². The largest absolute Gasteiger partial charge is 1.00 e. The number of allylic oxidation sites excluding steroid dienone is 4. The number of halogens is 2. The van der Waals surface area contributed by atoms with E-state index in [4.69, 9.17) is 0 Å². The van der Waals surface area contributed by atoms with Crippen LogP contribution >= 0.6 is 0 Å². The molecule has 7 aliphatic rings. The topological polar surface area (TPSA) is 0 Å². The van der Waals surface area contributed by atoms with Gasteiger partial charge in [0.1, 0.15) is 0 Å². The number of hydrogen-bond donors (Lipinski definition) is 0. The van der Waals surface area contributed by atoms with Crippen molar-refractivity contribution in [1.82, 2.24) is 0 Å². The summed E-state index contributed by atoms with van der Waals surface area (Å²) in [6.45, 7) is 25.0. The Labute approximate surface area is 373 Å². The van der Waals surface area contributed by atoms with Gasteiger partial charge in [-0.1, -0.05) is 78.5 Å². The van der Waals surface area contributed by atoms with Crippen molar-refractivity contribution in [3.8, 4) is 11.1 Å². The van der Waals surface area contributed by atoms with E-state index in [1.807, 2.05) is 0 Å². The third-order valence-corrected chi connectivity index (χ3v) is 15.3. The zero-order valence-electron chi connectivity index (χ0n) is 36.6. The van der Waals surface area contributed by atoms with Crippen molar-refractivity contribution in [2.24, 2.45) is 23.2 Å². The summed E-state index contributed by atoms with van der Waals surface area (Å²) in [6.07, 6.45) is 17.9. The molecular weight excluding hydrogens is 811 g/mol. The molecule has 0 nitrogen and oxygen atoms in total. The summed E-state index contributed by atoms with van der Waals surface area (Å²) in [5.74, 6) is 3.27. The van der Waals surface area contributed by atoms with Gasteiger partial charge in [-0.05, 0) is 120 Å². The van der Waals surface area contributed by atoms with Gasteiger partial charge in [0, 0.05) is 5.41 Å². The van der Waals surface area contributed by atoms with Crippen LogP contribution in [0.15, 0.2) is 66.7 Å². The van der Waals surface area contributed by atoms with E-state index in [-0.39, 0.29) is 41.1 Å². The van der Waals surface area contributed by atoms with Crippen LogP contribution in [0, 0.1) is 43.1 Å². The Morgan fingerprint density at radius 3 is 1.79 bits per heavy atom. The second-order valence-electron chi connectivity index (χ2n) is 21.1. The standard InChI is InChI=1S/C25H25.C18H25.C11H14.2ClH.Zr/c1-14-12-24(3,4)22-8-16-7-17-9-23-19(15(2)13-25(23,5)6)11-21(17)20(16)10-18(14)22;1-12-3-13(2)17(4-12)11-18-8-14-5-15(9-18)7-16(6-14)10-18;1-9-5-7-10(8-6-9)11(2,3)4;;;/h8-12H,7H2,1-6H3;3-4,14-16H,5-11H2,1-2H3;1,5-8H,2-4H3;2*1H;/q2*-1;;;;+2/p-2. The molecule has 0 spiro atoms. The van der Waals surface area contributed by atoms with Gasteiger partial charge < -0.3 is 24.8 Å². The van der Waals surface area contributed by atoms with Crippen LogP contribution in [-0.4, -0.2) is 3.71 Å². The van der Waals surface area contributed by atoms with Crippen molar-refractivity contribution in [3.63, 3.8) is 0 Å². The third kappa shape index (κ3) is 8.58. The smallest absolute Gasteiger partial charge is 0.00873 e. The van der Waals surface area contributed by atoms with E-state index in [0.29, 0.717) is 5.41 Å². The molecule has 0 radical (unpaired) electrons. The van der Waals surface area contributed by atoms with E-state index in [1.165, 1.54) is 103 Å². The zero-order valence-corrected chi connectivity index (χ0v) is 40.5. The van der Waals surface area contributed by atoms with Crippen molar-refractivity contribution < 1.29 is 49.0 Å². The number of rotatable bonds is 3. The molecule has 3 heteroatoms. The van der Waals surface area contributed by atoms with Gasteiger partial charge in [-0.15, -0.1) is 11.6 Å². The van der Waals surface area contributed by atoms with Crippen LogP contribution < -0.4 is 24.8 Å². The molecule has 0 atom stereocenters. The maximum Gasteiger partial charge on any atom is 0.00873 e. The second-order valence-corrected chi connectivity index (χ2v) is 21.8. The SMILES string of the molecule is CC(C)(C)c1ccc([CH]=[Zr+2])cc1.CC1=[C-]C(C)(C)c2cc3c(cc21)-c1cc2c(cc1C3)C(C)(C)C=C2C.Cc1cc(CC23CC4CC(CC(C4)C2)C3)c(C)[cH-]1.[Cl-].[Cl-]. The summed E-state index contributed by atoms with van der Waals surface area (Å²) >= 11 is 1.46. The molecule has 4 aromatic carbocycles. The first-order chi connectivity index (χ1) is 25.8. The predicted octanol–water partition coefficient (Wildman–Crippen LogP) is 7.92. The quantitative estimate of drug-likeness (QED) is 0.162. The van der Waals surface area contributed by atoms with Gasteiger partial charge in [-0.3, -0.25) is 6.08 Å². The predicted molar refractivity (Wildman–Crippen MR) is 233 cm³/mol. The summed E-state index contributed by atoms with van der Waals surface area (Å²) in [7, 11) is 0. The number of fused-ring (bicyclic) bond motifs is 5. The van der Waals surface area contributed by atoms with Gasteiger partial charge in [0.2, 0.25) is 0 Å². The van der Waals surface area contributed by atoms with Crippen molar-refractivity contribution >= 4 is 14.9 Å². The van der Waals surface area contributed by atoms with Crippen LogP contribution in [0.1, 0.15) is 162 Å². The minimum Gasteiger partial charge on any atom is -1.00 e. The second kappa shape index (κ2) is 16.0. The van der Waals surface area contributed by atoms with Gasteiger partial charge in [0.25, 0.3) is 0 Å². The number of aryl methyl sites for hydroxylation is 2. The van der Waals surface area contributed by atoms with Gasteiger partial charge in [-0.25, -0.2) is 11.6 Å². The summed E-state index contributed by atoms with van der Waals surface area (Å²) in [6, 6.07) is 23.4. The molecule has 300 valence electrons. The van der Waals surface area contributed by atoms with Crippen molar-refractivity contribution in [3.05, 3.63) is 134 Å². The minimum atomic E-state index is 0. The van der Waals surface area contributed by atoms with E-state index in [0.717, 1.165) is 24.2 Å². The Balaban J connectivity index is 0.000000152. The molecule has 0 heterocycles. The normalized spacial score (nSPS) is 24.5. The molecule has 0 N–H and O–H groups in total. The number of benzene rings is 3. The van der Waals surface area contributed by atoms with E-state index in [2.05, 4.69) is 153 Å². The van der Waals surface area contributed by atoms with E-state index >= 15 is 0 Å². The monoisotopic (exact) mass is 872 g/mol. The molecule has 4 aromatic rings. The molecule has 0 unspecified atom stereocenters. The summed E-state index contributed by atoms with van der Waals surface area (Å²) in [5.41, 5.74) is 22.9. The van der Waals surface area contributed by atoms with Crippen LogP contribution in [0.5, 0.6) is 0 Å². The van der Waals surface area contributed by atoms with Crippen molar-refractivity contribution in [2.75, 3.05) is 0 Å². The Kier molecular flexibility index (Phi) is 12.5. The number of hydrogen-bond acceptors (Lipinski definition) is 0. The summed E-state index contributed by atoms with van der Waals surface area (Å²) < 4.78 is 2.21. The molecule has 0 amide bonds. The maximum atomic E-state index is 3.65. The first-order valence-electron chi connectivity index (χ1n) is 21.3. The average Bonchev–Trinajstić information content (AvgIpc) is 3.75. The first-order valence-corrected chi connectivity index (χ1v) is 22.8. The van der Waals surface area contributed by atoms with Crippen LogP contribution in [0.3, 0.4) is 0 Å². The Hall–Kier alpha value is -2.18. The minimum absolute atomic E-state index is 0. The molecular formula is C54H64Cl2Zr-2. The molecule has 0 saturated heterocycles. The molecule has 4 saturated carbocycles. The Morgan fingerprint density at radius 2 is 1.28 bits per heavy atom. The fraction of sp³-hybridized carbons (Fsp3) is 0.481. The molecule has 4 fully saturated rings. The van der Waals surface area contributed by atoms with Crippen molar-refractivity contribution in [2.45, 2.75) is 144 Å². The molecule has 0 aromatic heterocycles. The Bertz CT molecular complexity index is 2110. The van der Waals surface area contributed by atoms with Gasteiger partial charge in [-0.2, -0.15) is 28.3 Å². The zero-order chi connectivity index (χ0) is 39.2. The van der Waals surface area contributed by atoms with Crippen LogP contribution in [0.4, 0.5) is 0 Å². The van der Waals surface area contributed by atoms with Gasteiger partial charge in [0.05, 0.1) is 0 Å². The fourth-order valence-corrected chi connectivity index (χ4v) is 12.8. The third-order valence-electron chi connectivity index (χ3n) is 14.5. The van der Waals surface area contributed by atoms with E-state index in [1.54, 1.807) is 49.7 Å². The van der Waals surface area contributed by atoms with Crippen molar-refractivity contribution in [1.29, 1.82) is 0 Å². The van der Waals surface area contributed by atoms with Gasteiger partial charge in [0.15, 0.2) is 0 Å². The molecule has 7 aliphatic carbocycles. The van der Waals surface area contributed by atoms with Crippen LogP contribution in [-0.2, 0) is 53.3 Å². The van der Waals surface area contributed by atoms with E-state index < -0.39 is 0 Å². The average molecular weight is 875 g/mol. The van der Waals surface area contributed by atoms with Crippen LogP contribution in [0.25, 0.3) is 22.3 Å².